The van der Waals surface area contributed by atoms with E-state index in [0.29, 0.717) is 17.5 Å². The largest absolute Gasteiger partial charge is 0.456 e. The Labute approximate surface area is 330 Å². The molecule has 0 spiro atoms. The van der Waals surface area contributed by atoms with Crippen molar-refractivity contribution in [3.8, 4) is 51.0 Å². The van der Waals surface area contributed by atoms with E-state index in [1.165, 1.54) is 42.1 Å². The van der Waals surface area contributed by atoms with Gasteiger partial charge in [-0.05, 0) is 77.9 Å². The van der Waals surface area contributed by atoms with Gasteiger partial charge in [-0.2, -0.15) is 0 Å². The lowest BCUT2D eigenvalue weighted by Crippen LogP contribution is -2.01. The third-order valence-corrected chi connectivity index (χ3v) is 12.2. The van der Waals surface area contributed by atoms with Crippen molar-refractivity contribution in [2.75, 3.05) is 0 Å². The number of furan rings is 1. The first-order chi connectivity index (χ1) is 28.2. The van der Waals surface area contributed by atoms with Crippen molar-refractivity contribution in [3.63, 3.8) is 0 Å². The maximum Gasteiger partial charge on any atom is 0.164 e. The topological polar surface area (TPSA) is 56.7 Å². The molecular formula is C51H30N4OS. The Morgan fingerprint density at radius 1 is 0.386 bits per heavy atom. The SMILES string of the molecule is c1ccc(-c2ccc3c(c2)c2ccccc2n3-c2ccc(-c3nc(-c4ccc5c(c4)sc4ccccc45)nc(-c4cccc5oc6ccccc6c45)n3)cc2)cc1. The molecule has 0 bridgehead atoms. The smallest absolute Gasteiger partial charge is 0.164 e. The number of para-hydroxylation sites is 2. The zero-order valence-corrected chi connectivity index (χ0v) is 31.2. The Bertz CT molecular complexity index is 3520. The van der Waals surface area contributed by atoms with Crippen LogP contribution in [-0.4, -0.2) is 19.5 Å². The van der Waals surface area contributed by atoms with Gasteiger partial charge in [-0.3, -0.25) is 0 Å². The molecule has 0 aliphatic heterocycles. The van der Waals surface area contributed by atoms with Crippen LogP contribution < -0.4 is 0 Å². The molecule has 4 heterocycles. The number of aromatic nitrogens is 4. The standard InChI is InChI=1S/C51H30N4OS/c1-2-11-31(12-3-1)33-24-28-43-41(29-33)36-13-4-7-17-42(36)55(43)35-25-21-32(22-26-35)49-52-50(34-23-27-38-37-14-6-9-20-46(37)57-47(38)30-34)54-51(53-49)40-16-10-19-45-48(40)39-15-5-8-18-44(39)56-45/h1-30H. The normalized spacial score (nSPS) is 11.9. The van der Waals surface area contributed by atoms with Gasteiger partial charge in [0.25, 0.3) is 0 Å². The second-order valence-corrected chi connectivity index (χ2v) is 15.5. The van der Waals surface area contributed by atoms with E-state index in [2.05, 4.69) is 156 Å². The number of thiophene rings is 1. The fraction of sp³-hybridized carbons (Fsp3) is 0. The Morgan fingerprint density at radius 2 is 1.04 bits per heavy atom. The Balaban J connectivity index is 1.02. The fourth-order valence-corrected chi connectivity index (χ4v) is 9.55. The summed E-state index contributed by atoms with van der Waals surface area (Å²) in [6.07, 6.45) is 0. The number of fused-ring (bicyclic) bond motifs is 9. The monoisotopic (exact) mass is 746 g/mol. The van der Waals surface area contributed by atoms with Crippen LogP contribution in [0.3, 0.4) is 0 Å². The van der Waals surface area contributed by atoms with Gasteiger partial charge >= 0.3 is 0 Å². The third kappa shape index (κ3) is 5.12. The minimum Gasteiger partial charge on any atom is -0.456 e. The lowest BCUT2D eigenvalue weighted by Gasteiger charge is -2.11. The Kier molecular flexibility index (Phi) is 7.03. The molecule has 6 heteroatoms. The van der Waals surface area contributed by atoms with Crippen LogP contribution in [-0.2, 0) is 0 Å². The van der Waals surface area contributed by atoms with Gasteiger partial charge in [0.1, 0.15) is 11.2 Å². The maximum atomic E-state index is 6.29. The van der Waals surface area contributed by atoms with Crippen LogP contribution in [0.15, 0.2) is 186 Å². The van der Waals surface area contributed by atoms with E-state index in [0.717, 1.165) is 55.3 Å². The average molecular weight is 747 g/mol. The van der Waals surface area contributed by atoms with Crippen LogP contribution in [0, 0.1) is 0 Å². The summed E-state index contributed by atoms with van der Waals surface area (Å²) in [5, 5.41) is 6.97. The van der Waals surface area contributed by atoms with Crippen LogP contribution in [0.1, 0.15) is 0 Å². The van der Waals surface area contributed by atoms with Crippen molar-refractivity contribution in [1.29, 1.82) is 0 Å². The van der Waals surface area contributed by atoms with E-state index >= 15 is 0 Å². The van der Waals surface area contributed by atoms with Gasteiger partial charge in [0.15, 0.2) is 17.5 Å². The minimum atomic E-state index is 0.601. The van der Waals surface area contributed by atoms with Crippen molar-refractivity contribution in [1.82, 2.24) is 19.5 Å². The van der Waals surface area contributed by atoms with Gasteiger partial charge in [-0.25, -0.2) is 15.0 Å². The first kappa shape index (κ1) is 31.9. The summed E-state index contributed by atoms with van der Waals surface area (Å²) in [7, 11) is 0. The van der Waals surface area contributed by atoms with Crippen LogP contribution in [0.5, 0.6) is 0 Å². The summed E-state index contributed by atoms with van der Waals surface area (Å²) in [5.74, 6) is 1.83. The zero-order chi connectivity index (χ0) is 37.5. The summed E-state index contributed by atoms with van der Waals surface area (Å²) in [6, 6.07) is 63.9. The number of hydrogen-bond donors (Lipinski definition) is 0. The molecule has 0 aliphatic rings. The molecule has 0 saturated carbocycles. The fourth-order valence-electron chi connectivity index (χ4n) is 8.40. The van der Waals surface area contributed by atoms with E-state index < -0.39 is 0 Å². The number of hydrogen-bond acceptors (Lipinski definition) is 5. The predicted octanol–water partition coefficient (Wildman–Crippen LogP) is 13.9. The van der Waals surface area contributed by atoms with Crippen molar-refractivity contribution >= 4 is 75.3 Å². The first-order valence-electron chi connectivity index (χ1n) is 19.0. The second kappa shape index (κ2) is 12.6. The highest BCUT2D eigenvalue weighted by atomic mass is 32.1. The first-order valence-corrected chi connectivity index (χ1v) is 19.8. The van der Waals surface area contributed by atoms with Crippen molar-refractivity contribution in [2.24, 2.45) is 0 Å². The molecule has 0 amide bonds. The molecule has 57 heavy (non-hydrogen) atoms. The molecule has 0 radical (unpaired) electrons. The average Bonchev–Trinajstić information content (AvgIpc) is 3.96. The number of nitrogens with zero attached hydrogens (tertiary/aromatic N) is 4. The molecule has 0 atom stereocenters. The summed E-state index contributed by atoms with van der Waals surface area (Å²) >= 11 is 1.79. The summed E-state index contributed by atoms with van der Waals surface area (Å²) < 4.78 is 11.1. The van der Waals surface area contributed by atoms with Gasteiger partial charge in [0.2, 0.25) is 0 Å². The van der Waals surface area contributed by atoms with Gasteiger partial charge in [0, 0.05) is 64.1 Å². The highest BCUT2D eigenvalue weighted by molar-refractivity contribution is 7.25. The van der Waals surface area contributed by atoms with Crippen molar-refractivity contribution in [2.45, 2.75) is 0 Å². The van der Waals surface area contributed by atoms with Crippen molar-refractivity contribution in [3.05, 3.63) is 182 Å². The van der Waals surface area contributed by atoms with E-state index in [1.54, 1.807) is 11.3 Å². The molecule has 266 valence electrons. The Morgan fingerprint density at radius 3 is 1.91 bits per heavy atom. The van der Waals surface area contributed by atoms with E-state index in [1.807, 2.05) is 30.3 Å². The van der Waals surface area contributed by atoms with Crippen molar-refractivity contribution < 1.29 is 4.42 Å². The molecule has 0 fully saturated rings. The van der Waals surface area contributed by atoms with Gasteiger partial charge in [0.05, 0.1) is 11.0 Å². The molecule has 5 nitrogen and oxygen atoms in total. The third-order valence-electron chi connectivity index (χ3n) is 11.1. The summed E-state index contributed by atoms with van der Waals surface area (Å²) in [4.78, 5) is 15.6. The maximum absolute atomic E-state index is 6.29. The van der Waals surface area contributed by atoms with E-state index in [-0.39, 0.29) is 0 Å². The lowest BCUT2D eigenvalue weighted by molar-refractivity contribution is 0.669. The molecule has 0 N–H and O–H groups in total. The molecule has 8 aromatic carbocycles. The second-order valence-electron chi connectivity index (χ2n) is 14.4. The molecule has 12 rings (SSSR count). The van der Waals surface area contributed by atoms with Crippen LogP contribution in [0.2, 0.25) is 0 Å². The van der Waals surface area contributed by atoms with Gasteiger partial charge in [-0.15, -0.1) is 11.3 Å². The Hall–Kier alpha value is -7.41. The molecule has 0 unspecified atom stereocenters. The zero-order valence-electron chi connectivity index (χ0n) is 30.4. The minimum absolute atomic E-state index is 0.601. The quantitative estimate of drug-likeness (QED) is 0.176. The van der Waals surface area contributed by atoms with Crippen LogP contribution in [0.25, 0.3) is 115 Å². The lowest BCUT2D eigenvalue weighted by atomic mass is 10.0. The number of benzene rings is 8. The summed E-state index contributed by atoms with van der Waals surface area (Å²) in [6.45, 7) is 0. The van der Waals surface area contributed by atoms with E-state index in [9.17, 15) is 0 Å². The predicted molar refractivity (Wildman–Crippen MR) is 236 cm³/mol. The van der Waals surface area contributed by atoms with Gasteiger partial charge < -0.3 is 8.98 Å². The molecule has 4 aromatic heterocycles. The summed E-state index contributed by atoms with van der Waals surface area (Å²) in [5.41, 5.74) is 10.2. The molecule has 12 aromatic rings. The van der Waals surface area contributed by atoms with Crippen LogP contribution in [0.4, 0.5) is 0 Å². The van der Waals surface area contributed by atoms with Gasteiger partial charge in [-0.1, -0.05) is 115 Å². The molecule has 0 aliphatic carbocycles. The molecular weight excluding hydrogens is 717 g/mol. The highest BCUT2D eigenvalue weighted by Crippen LogP contribution is 2.40. The van der Waals surface area contributed by atoms with Crippen LogP contribution >= 0.6 is 11.3 Å². The molecule has 0 saturated heterocycles. The highest BCUT2D eigenvalue weighted by Gasteiger charge is 2.19. The number of rotatable bonds is 5. The van der Waals surface area contributed by atoms with E-state index in [4.69, 9.17) is 19.4 Å².